The Morgan fingerprint density at radius 1 is 1.14 bits per heavy atom. The summed E-state index contributed by atoms with van der Waals surface area (Å²) < 4.78 is 24.5. The molecule has 0 N–H and O–H groups in total. The fraction of sp³-hybridized carbons (Fsp3) is 0.182. The van der Waals surface area contributed by atoms with Gasteiger partial charge < -0.3 is 13.8 Å². The van der Waals surface area contributed by atoms with Gasteiger partial charge in [-0.1, -0.05) is 23.4 Å². The summed E-state index contributed by atoms with van der Waals surface area (Å²) in [5.41, 5.74) is 4.03. The van der Waals surface area contributed by atoms with E-state index in [1.165, 1.54) is 12.1 Å². The van der Waals surface area contributed by atoms with Gasteiger partial charge in [-0.05, 0) is 43.7 Å². The Morgan fingerprint density at radius 3 is 2.71 bits per heavy atom. The van der Waals surface area contributed by atoms with E-state index in [2.05, 4.69) is 5.16 Å². The summed E-state index contributed by atoms with van der Waals surface area (Å²) in [7, 11) is 0. The van der Waals surface area contributed by atoms with E-state index in [4.69, 9.17) is 8.94 Å². The molecular weight excluding hydrogens is 359 g/mol. The van der Waals surface area contributed by atoms with Crippen LogP contribution < -0.4 is 0 Å². The molecule has 0 spiro atoms. The Hall–Kier alpha value is -3.41. The van der Waals surface area contributed by atoms with Gasteiger partial charge in [0, 0.05) is 28.6 Å². The van der Waals surface area contributed by atoms with Crippen molar-refractivity contribution >= 4 is 16.9 Å². The lowest BCUT2D eigenvalue weighted by molar-refractivity contribution is 0.0700. The minimum Gasteiger partial charge on any atom is -0.451 e. The standard InChI is InChI=1S/C22H17FN2O3/c1-13-16-4-2-3-5-19(16)27-20(13)22(26)25-11-10-17-18(12-25)24-28-21(17)14-6-8-15(23)9-7-14/h2-9H,10-12H2,1H3. The van der Waals surface area contributed by atoms with Gasteiger partial charge in [-0.2, -0.15) is 0 Å². The Kier molecular flexibility index (Phi) is 3.79. The van der Waals surface area contributed by atoms with Crippen molar-refractivity contribution in [2.45, 2.75) is 19.9 Å². The minimum absolute atomic E-state index is 0.148. The van der Waals surface area contributed by atoms with E-state index in [0.29, 0.717) is 36.6 Å². The maximum atomic E-state index is 13.2. The van der Waals surface area contributed by atoms with E-state index in [-0.39, 0.29) is 11.7 Å². The van der Waals surface area contributed by atoms with Crippen LogP contribution in [0.5, 0.6) is 0 Å². The van der Waals surface area contributed by atoms with Crippen LogP contribution in [0.2, 0.25) is 0 Å². The summed E-state index contributed by atoms with van der Waals surface area (Å²) in [6.07, 6.45) is 0.622. The van der Waals surface area contributed by atoms with Gasteiger partial charge in [0.05, 0.1) is 6.54 Å². The normalized spacial score (nSPS) is 13.7. The number of carbonyl (C=O) groups is 1. The van der Waals surface area contributed by atoms with Gasteiger partial charge >= 0.3 is 0 Å². The quantitative estimate of drug-likeness (QED) is 0.507. The highest BCUT2D eigenvalue weighted by Gasteiger charge is 2.30. The summed E-state index contributed by atoms with van der Waals surface area (Å²) in [5, 5.41) is 5.10. The van der Waals surface area contributed by atoms with Gasteiger partial charge in [-0.3, -0.25) is 4.79 Å². The highest BCUT2D eigenvalue weighted by atomic mass is 19.1. The highest BCUT2D eigenvalue weighted by molar-refractivity contribution is 5.99. The summed E-state index contributed by atoms with van der Waals surface area (Å²) in [4.78, 5) is 14.8. The van der Waals surface area contributed by atoms with E-state index in [9.17, 15) is 9.18 Å². The molecule has 0 radical (unpaired) electrons. The van der Waals surface area contributed by atoms with E-state index >= 15 is 0 Å². The van der Waals surface area contributed by atoms with Gasteiger partial charge in [0.2, 0.25) is 0 Å². The lowest BCUT2D eigenvalue weighted by atomic mass is 10.0. The molecule has 0 atom stereocenters. The lowest BCUT2D eigenvalue weighted by Crippen LogP contribution is -2.36. The Labute approximate surface area is 160 Å². The fourth-order valence-electron chi connectivity index (χ4n) is 3.75. The number of furan rings is 1. The third-order valence-corrected chi connectivity index (χ3v) is 5.27. The van der Waals surface area contributed by atoms with Crippen LogP contribution in [0.4, 0.5) is 4.39 Å². The summed E-state index contributed by atoms with van der Waals surface area (Å²) >= 11 is 0. The molecule has 0 bridgehead atoms. The van der Waals surface area contributed by atoms with Crippen molar-refractivity contribution in [1.29, 1.82) is 0 Å². The van der Waals surface area contributed by atoms with Crippen LogP contribution in [0.3, 0.4) is 0 Å². The molecule has 0 aliphatic carbocycles. The number of halogens is 1. The monoisotopic (exact) mass is 376 g/mol. The molecule has 6 heteroatoms. The zero-order valence-electron chi connectivity index (χ0n) is 15.2. The second kappa shape index (κ2) is 6.34. The minimum atomic E-state index is -0.296. The molecule has 3 heterocycles. The van der Waals surface area contributed by atoms with Crippen LogP contribution in [0.15, 0.2) is 57.5 Å². The molecule has 0 unspecified atom stereocenters. The van der Waals surface area contributed by atoms with Crippen LogP contribution in [0.1, 0.15) is 27.4 Å². The van der Waals surface area contributed by atoms with E-state index < -0.39 is 0 Å². The number of aryl methyl sites for hydroxylation is 1. The van der Waals surface area contributed by atoms with Crippen molar-refractivity contribution in [2.24, 2.45) is 0 Å². The summed E-state index contributed by atoms with van der Waals surface area (Å²) in [6.45, 7) is 2.80. The second-order valence-electron chi connectivity index (χ2n) is 6.97. The van der Waals surface area contributed by atoms with Crippen molar-refractivity contribution in [3.63, 3.8) is 0 Å². The number of para-hydroxylation sites is 1. The molecule has 4 aromatic rings. The number of aromatic nitrogens is 1. The largest absolute Gasteiger partial charge is 0.451 e. The third kappa shape index (κ3) is 2.60. The van der Waals surface area contributed by atoms with Gasteiger partial charge in [-0.15, -0.1) is 0 Å². The average Bonchev–Trinajstić information content (AvgIpc) is 3.29. The topological polar surface area (TPSA) is 59.5 Å². The highest BCUT2D eigenvalue weighted by Crippen LogP contribution is 2.32. The molecule has 2 aromatic carbocycles. The van der Waals surface area contributed by atoms with Crippen LogP contribution in [-0.2, 0) is 13.0 Å². The fourth-order valence-corrected chi connectivity index (χ4v) is 3.75. The van der Waals surface area contributed by atoms with Crippen LogP contribution in [0, 0.1) is 12.7 Å². The number of benzene rings is 2. The average molecular weight is 376 g/mol. The molecule has 2 aromatic heterocycles. The first-order valence-electron chi connectivity index (χ1n) is 9.12. The van der Waals surface area contributed by atoms with Gasteiger partial charge in [0.15, 0.2) is 11.5 Å². The molecule has 1 amide bonds. The van der Waals surface area contributed by atoms with Gasteiger partial charge in [0.25, 0.3) is 5.91 Å². The number of carbonyl (C=O) groups excluding carboxylic acids is 1. The number of hydrogen-bond donors (Lipinski definition) is 0. The molecule has 1 aliphatic rings. The number of nitrogens with zero attached hydrogens (tertiary/aromatic N) is 2. The van der Waals surface area contributed by atoms with Crippen molar-refractivity contribution < 1.29 is 18.1 Å². The first kappa shape index (κ1) is 16.7. The molecule has 0 fully saturated rings. The van der Waals surface area contributed by atoms with Gasteiger partial charge in [-0.25, -0.2) is 4.39 Å². The molecule has 5 rings (SSSR count). The van der Waals surface area contributed by atoms with Crippen LogP contribution >= 0.6 is 0 Å². The van der Waals surface area contributed by atoms with Crippen molar-refractivity contribution in [1.82, 2.24) is 10.1 Å². The smallest absolute Gasteiger partial charge is 0.290 e. The number of fused-ring (bicyclic) bond motifs is 2. The van der Waals surface area contributed by atoms with Gasteiger partial charge in [0.1, 0.15) is 17.1 Å². The Morgan fingerprint density at radius 2 is 1.93 bits per heavy atom. The third-order valence-electron chi connectivity index (χ3n) is 5.27. The molecule has 0 saturated carbocycles. The number of amides is 1. The van der Waals surface area contributed by atoms with E-state index in [0.717, 1.165) is 27.8 Å². The van der Waals surface area contributed by atoms with Crippen LogP contribution in [-0.4, -0.2) is 22.5 Å². The van der Waals surface area contributed by atoms with Crippen LogP contribution in [0.25, 0.3) is 22.3 Å². The lowest BCUT2D eigenvalue weighted by Gasteiger charge is -2.25. The van der Waals surface area contributed by atoms with E-state index in [1.807, 2.05) is 31.2 Å². The van der Waals surface area contributed by atoms with Crippen molar-refractivity contribution in [3.8, 4) is 11.3 Å². The predicted molar refractivity (Wildman–Crippen MR) is 101 cm³/mol. The Bertz CT molecular complexity index is 1190. The first-order chi connectivity index (χ1) is 13.6. The Balaban J connectivity index is 1.43. The molecule has 140 valence electrons. The molecule has 0 saturated heterocycles. The molecule has 28 heavy (non-hydrogen) atoms. The summed E-state index contributed by atoms with van der Waals surface area (Å²) in [6, 6.07) is 13.8. The van der Waals surface area contributed by atoms with Crippen molar-refractivity contribution in [3.05, 3.63) is 76.9 Å². The number of rotatable bonds is 2. The predicted octanol–water partition coefficient (Wildman–Crippen LogP) is 4.73. The number of hydrogen-bond acceptors (Lipinski definition) is 4. The molecule has 5 nitrogen and oxygen atoms in total. The maximum absolute atomic E-state index is 13.2. The second-order valence-corrected chi connectivity index (χ2v) is 6.97. The zero-order valence-corrected chi connectivity index (χ0v) is 15.2. The summed E-state index contributed by atoms with van der Waals surface area (Å²) in [5.74, 6) is 0.565. The first-order valence-corrected chi connectivity index (χ1v) is 9.12. The zero-order chi connectivity index (χ0) is 19.3. The molecular formula is C22H17FN2O3. The van der Waals surface area contributed by atoms with Crippen molar-refractivity contribution in [2.75, 3.05) is 6.54 Å². The van der Waals surface area contributed by atoms with E-state index in [1.54, 1.807) is 17.0 Å². The maximum Gasteiger partial charge on any atom is 0.290 e. The SMILES string of the molecule is Cc1c(C(=O)N2CCc3c(noc3-c3ccc(F)cc3)C2)oc2ccccc12. The molecule has 1 aliphatic heterocycles.